The Kier molecular flexibility index (Phi) is 36.2. The third-order valence-electron chi connectivity index (χ3n) is 8.50. The van der Waals surface area contributed by atoms with Crippen molar-refractivity contribution in [3.63, 3.8) is 0 Å². The van der Waals surface area contributed by atoms with Crippen molar-refractivity contribution in [3.8, 4) is 0 Å². The smallest absolute Gasteiger partial charge is 0.306 e. The Morgan fingerprint density at radius 3 is 1.38 bits per heavy atom. The molecule has 0 aromatic heterocycles. The molecule has 4 heteroatoms. The van der Waals surface area contributed by atoms with Crippen LogP contribution in [0.1, 0.15) is 194 Å². The fourth-order valence-corrected chi connectivity index (χ4v) is 5.62. The van der Waals surface area contributed by atoms with Crippen molar-refractivity contribution in [1.82, 2.24) is 0 Å². The largest absolute Gasteiger partial charge is 0.481 e. The lowest BCUT2D eigenvalue weighted by atomic mass is 10.0. The first-order valence-electron chi connectivity index (χ1n) is 19.8. The number of esters is 1. The fraction of sp³-hybridized carbons (Fsp3) is 0.721. The number of ether oxygens (including phenoxy) is 1. The van der Waals surface area contributed by atoms with Crippen LogP contribution in [0, 0.1) is 0 Å². The van der Waals surface area contributed by atoms with E-state index in [0.29, 0.717) is 6.42 Å². The zero-order chi connectivity index (χ0) is 34.3. The summed E-state index contributed by atoms with van der Waals surface area (Å²) in [7, 11) is 0. The van der Waals surface area contributed by atoms with Gasteiger partial charge in [-0.2, -0.15) is 0 Å². The molecule has 0 saturated heterocycles. The summed E-state index contributed by atoms with van der Waals surface area (Å²) < 4.78 is 5.98. The Labute approximate surface area is 291 Å². The van der Waals surface area contributed by atoms with Gasteiger partial charge in [0.2, 0.25) is 0 Å². The van der Waals surface area contributed by atoms with Crippen LogP contribution in [0.3, 0.4) is 0 Å². The minimum Gasteiger partial charge on any atom is -0.481 e. The van der Waals surface area contributed by atoms with Crippen LogP contribution in [0.25, 0.3) is 0 Å². The van der Waals surface area contributed by atoms with Gasteiger partial charge in [0.15, 0.2) is 0 Å². The molecule has 270 valence electrons. The molecule has 1 unspecified atom stereocenters. The summed E-state index contributed by atoms with van der Waals surface area (Å²) in [6.45, 7) is 4.43. The van der Waals surface area contributed by atoms with E-state index in [2.05, 4.69) is 74.6 Å². The zero-order valence-electron chi connectivity index (χ0n) is 30.8. The van der Waals surface area contributed by atoms with Crippen molar-refractivity contribution in [2.45, 2.75) is 200 Å². The van der Waals surface area contributed by atoms with Gasteiger partial charge in [0, 0.05) is 12.8 Å². The molecule has 4 nitrogen and oxygen atoms in total. The first-order valence-corrected chi connectivity index (χ1v) is 19.8. The molecule has 0 rings (SSSR count). The number of allylic oxidation sites excluding steroid dienone is 10. The number of carbonyl (C=O) groups excluding carboxylic acids is 1. The summed E-state index contributed by atoms with van der Waals surface area (Å²) >= 11 is 0. The van der Waals surface area contributed by atoms with E-state index in [1.54, 1.807) is 0 Å². The van der Waals surface area contributed by atoms with Gasteiger partial charge in [-0.3, -0.25) is 9.59 Å². The monoisotopic (exact) mass is 655 g/mol. The zero-order valence-corrected chi connectivity index (χ0v) is 30.8. The van der Waals surface area contributed by atoms with E-state index in [0.717, 1.165) is 109 Å². The van der Waals surface area contributed by atoms with Crippen molar-refractivity contribution in [1.29, 1.82) is 0 Å². The van der Waals surface area contributed by atoms with Gasteiger partial charge in [0.05, 0.1) is 0 Å². The van der Waals surface area contributed by atoms with Crippen molar-refractivity contribution in [2.75, 3.05) is 0 Å². The van der Waals surface area contributed by atoms with Gasteiger partial charge in [0.25, 0.3) is 0 Å². The van der Waals surface area contributed by atoms with Gasteiger partial charge in [-0.05, 0) is 83.5 Å². The lowest BCUT2D eigenvalue weighted by molar-refractivity contribution is -0.150. The summed E-state index contributed by atoms with van der Waals surface area (Å²) in [4.78, 5) is 23.4. The van der Waals surface area contributed by atoms with Gasteiger partial charge in [-0.1, -0.05) is 158 Å². The van der Waals surface area contributed by atoms with E-state index in [1.165, 1.54) is 57.8 Å². The van der Waals surface area contributed by atoms with Crippen LogP contribution in [-0.2, 0) is 14.3 Å². The van der Waals surface area contributed by atoms with E-state index in [-0.39, 0.29) is 18.5 Å². The van der Waals surface area contributed by atoms with Gasteiger partial charge in [0.1, 0.15) is 6.10 Å². The topological polar surface area (TPSA) is 63.6 Å². The summed E-state index contributed by atoms with van der Waals surface area (Å²) in [6.07, 6.45) is 52.3. The molecule has 0 saturated carbocycles. The van der Waals surface area contributed by atoms with Crippen molar-refractivity contribution in [2.24, 2.45) is 0 Å². The fourth-order valence-electron chi connectivity index (χ4n) is 5.62. The van der Waals surface area contributed by atoms with Gasteiger partial charge in [-0.15, -0.1) is 0 Å². The second-order valence-corrected chi connectivity index (χ2v) is 13.1. The molecule has 1 N–H and O–H groups in total. The number of carbonyl (C=O) groups is 2. The predicted octanol–water partition coefficient (Wildman–Crippen LogP) is 13.7. The molecule has 0 aliphatic carbocycles. The minimum absolute atomic E-state index is 0.0292. The highest BCUT2D eigenvalue weighted by Gasteiger charge is 2.14. The number of carboxylic acids is 1. The average molecular weight is 655 g/mol. The van der Waals surface area contributed by atoms with Gasteiger partial charge >= 0.3 is 11.9 Å². The third-order valence-corrected chi connectivity index (χ3v) is 8.50. The van der Waals surface area contributed by atoms with E-state index in [1.807, 2.05) is 0 Å². The van der Waals surface area contributed by atoms with E-state index in [9.17, 15) is 9.59 Å². The summed E-state index contributed by atoms with van der Waals surface area (Å²) in [6, 6.07) is 0. The highest BCUT2D eigenvalue weighted by Crippen LogP contribution is 2.18. The van der Waals surface area contributed by atoms with Crippen LogP contribution in [0.4, 0.5) is 0 Å². The van der Waals surface area contributed by atoms with Gasteiger partial charge in [-0.25, -0.2) is 0 Å². The molecule has 0 heterocycles. The van der Waals surface area contributed by atoms with E-state index in [4.69, 9.17) is 9.84 Å². The average Bonchev–Trinajstić information content (AvgIpc) is 3.05. The number of rotatable bonds is 35. The Hall–Kier alpha value is -2.36. The molecule has 0 aromatic rings. The van der Waals surface area contributed by atoms with E-state index < -0.39 is 5.97 Å². The Morgan fingerprint density at radius 2 is 0.894 bits per heavy atom. The molecule has 0 amide bonds. The number of hydrogen-bond acceptors (Lipinski definition) is 3. The van der Waals surface area contributed by atoms with Crippen molar-refractivity contribution in [3.05, 3.63) is 60.8 Å². The maximum Gasteiger partial charge on any atom is 0.306 e. The van der Waals surface area contributed by atoms with E-state index >= 15 is 0 Å². The quantitative estimate of drug-likeness (QED) is 0.0419. The molecule has 47 heavy (non-hydrogen) atoms. The Bertz CT molecular complexity index is 835. The maximum absolute atomic E-state index is 12.6. The molecule has 0 fully saturated rings. The standard InChI is InChI=1S/C43H74O4/c1-3-5-7-9-11-13-15-16-17-18-19-20-21-22-23-25-27-32-36-40-43(46)47-41(38-34-30-28-31-35-39-42(44)45)37-33-29-26-24-14-12-10-8-6-4-2/h5,7,11,13,16-17,19-20,22-23,41H,3-4,6,8-10,12,14-15,18,21,24-40H2,1-2H3,(H,44,45)/b7-5-,13-11-,17-16-,20-19-,23-22-. The van der Waals surface area contributed by atoms with Crippen LogP contribution in [-0.4, -0.2) is 23.1 Å². The van der Waals surface area contributed by atoms with Crippen molar-refractivity contribution < 1.29 is 19.4 Å². The van der Waals surface area contributed by atoms with Crippen LogP contribution < -0.4 is 0 Å². The maximum atomic E-state index is 12.6. The molecule has 0 aliphatic heterocycles. The molecular formula is C43H74O4. The molecule has 0 spiro atoms. The molecule has 0 aromatic carbocycles. The molecule has 0 aliphatic rings. The lowest BCUT2D eigenvalue weighted by Crippen LogP contribution is -2.18. The van der Waals surface area contributed by atoms with Crippen LogP contribution >= 0.6 is 0 Å². The highest BCUT2D eigenvalue weighted by atomic mass is 16.5. The lowest BCUT2D eigenvalue weighted by Gasteiger charge is -2.18. The second-order valence-electron chi connectivity index (χ2n) is 13.1. The highest BCUT2D eigenvalue weighted by molar-refractivity contribution is 5.69. The molecule has 0 radical (unpaired) electrons. The minimum atomic E-state index is -0.706. The number of unbranched alkanes of at least 4 members (excludes halogenated alkanes) is 16. The van der Waals surface area contributed by atoms with Crippen LogP contribution in [0.2, 0.25) is 0 Å². The summed E-state index contributed by atoms with van der Waals surface area (Å²) in [5.74, 6) is -0.735. The molecule has 0 bridgehead atoms. The van der Waals surface area contributed by atoms with Crippen molar-refractivity contribution >= 4 is 11.9 Å². The Balaban J connectivity index is 4.09. The molecular weight excluding hydrogens is 580 g/mol. The summed E-state index contributed by atoms with van der Waals surface area (Å²) in [5, 5.41) is 8.81. The first kappa shape index (κ1) is 44.6. The number of aliphatic carboxylic acids is 1. The normalized spacial score (nSPS) is 12.9. The molecule has 1 atom stereocenters. The number of hydrogen-bond donors (Lipinski definition) is 1. The van der Waals surface area contributed by atoms with Gasteiger partial charge < -0.3 is 9.84 Å². The Morgan fingerprint density at radius 1 is 0.489 bits per heavy atom. The van der Waals surface area contributed by atoms with Crippen LogP contribution in [0.15, 0.2) is 60.8 Å². The third kappa shape index (κ3) is 38.0. The predicted molar refractivity (Wildman–Crippen MR) is 204 cm³/mol. The first-order chi connectivity index (χ1) is 23.1. The number of carboxylic acid groups (broad SMARTS) is 1. The van der Waals surface area contributed by atoms with Crippen LogP contribution in [0.5, 0.6) is 0 Å². The summed E-state index contributed by atoms with van der Waals surface area (Å²) in [5.41, 5.74) is 0. The SMILES string of the molecule is CC/C=C\C/C=C\C/C=C\C/C=C\C/C=C\CCCCCC(=O)OC(CCCCCCCCCCCC)CCCCCCCC(=O)O. The second kappa shape index (κ2) is 38.1.